The first-order chi connectivity index (χ1) is 21.4. The lowest BCUT2D eigenvalue weighted by atomic mass is 10.1. The lowest BCUT2D eigenvalue weighted by molar-refractivity contribution is -0.0913. The fourth-order valence-corrected chi connectivity index (χ4v) is 6.31. The molecule has 0 aromatic heterocycles. The summed E-state index contributed by atoms with van der Waals surface area (Å²) in [5, 5.41) is 5.28. The van der Waals surface area contributed by atoms with Crippen molar-refractivity contribution >= 4 is 0 Å². The van der Waals surface area contributed by atoms with E-state index in [4.69, 9.17) is 4.74 Å². The molecule has 0 spiro atoms. The van der Waals surface area contributed by atoms with E-state index in [0.29, 0.717) is 0 Å². The largest absolute Gasteiger partial charge is 0.379 e. The van der Waals surface area contributed by atoms with Crippen molar-refractivity contribution in [2.24, 2.45) is 0 Å². The Morgan fingerprint density at radius 1 is 0.419 bits per heavy atom. The average molecular weight is 603 g/mol. The molecule has 3 heteroatoms. The molecule has 43 heavy (non-hydrogen) atoms. The molecule has 0 radical (unpaired) electrons. The summed E-state index contributed by atoms with van der Waals surface area (Å²) in [6, 6.07) is 0. The fourth-order valence-electron chi connectivity index (χ4n) is 6.31. The number of allylic oxidation sites excluding steroid dienone is 4. The number of hydrogen-bond acceptors (Lipinski definition) is 3. The van der Waals surface area contributed by atoms with E-state index in [1.807, 2.05) is 0 Å². The smallest absolute Gasteiger partial charge is 0.0608 e. The van der Waals surface area contributed by atoms with Gasteiger partial charge in [-0.2, -0.15) is 0 Å². The van der Waals surface area contributed by atoms with E-state index in [0.717, 1.165) is 26.3 Å². The lowest BCUT2D eigenvalue weighted by Crippen LogP contribution is -2.49. The van der Waals surface area contributed by atoms with Crippen LogP contribution in [0.25, 0.3) is 0 Å². The molecule has 3 nitrogen and oxygen atoms in total. The van der Waals surface area contributed by atoms with Gasteiger partial charge in [-0.15, -0.1) is 0 Å². The minimum atomic E-state index is 0.900. The molecule has 1 aliphatic rings. The van der Waals surface area contributed by atoms with Gasteiger partial charge < -0.3 is 4.74 Å². The average Bonchev–Trinajstić information content (AvgIpc) is 3.03. The molecule has 0 atom stereocenters. The van der Waals surface area contributed by atoms with Gasteiger partial charge >= 0.3 is 0 Å². The number of nitrogens with zero attached hydrogens (tertiary/aromatic N) is 2. The van der Waals surface area contributed by atoms with Crippen molar-refractivity contribution in [1.29, 1.82) is 0 Å². The van der Waals surface area contributed by atoms with Gasteiger partial charge in [0.1, 0.15) is 0 Å². The fraction of sp³-hybridized carbons (Fsp3) is 0.900. The van der Waals surface area contributed by atoms with Crippen molar-refractivity contribution in [2.75, 3.05) is 39.4 Å². The maximum Gasteiger partial charge on any atom is 0.0608 e. The van der Waals surface area contributed by atoms with Crippen LogP contribution >= 0.6 is 0 Å². The van der Waals surface area contributed by atoms with Crippen molar-refractivity contribution in [1.82, 2.24) is 10.0 Å². The Morgan fingerprint density at radius 3 is 1.07 bits per heavy atom. The number of rotatable bonds is 33. The molecular formula is C40H78N2O. The monoisotopic (exact) mass is 603 g/mol. The van der Waals surface area contributed by atoms with Crippen LogP contribution in [0.3, 0.4) is 0 Å². The molecule has 0 unspecified atom stereocenters. The second-order valence-electron chi connectivity index (χ2n) is 13.4. The standard InChI is InChI=1S/C40H78N2O/c1-3-5-7-9-11-13-15-17-19-21-23-25-27-29-31-33-35-41(42-37-39-43-40-38-42)36-34-32-30-28-26-24-22-20-18-16-14-12-10-8-6-4-2/h17-20H,3-16,21-40H2,1-2H3/b19-17+,20-18+. The van der Waals surface area contributed by atoms with Crippen LogP contribution in [0.1, 0.15) is 194 Å². The molecule has 1 rings (SSSR count). The molecular weight excluding hydrogens is 524 g/mol. The summed E-state index contributed by atoms with van der Waals surface area (Å²) in [7, 11) is 0. The Bertz CT molecular complexity index is 541. The van der Waals surface area contributed by atoms with Gasteiger partial charge in [0.05, 0.1) is 13.2 Å². The Labute approximate surface area is 271 Å². The summed E-state index contributed by atoms with van der Waals surface area (Å²) in [4.78, 5) is 0. The molecule has 0 aliphatic carbocycles. The highest BCUT2D eigenvalue weighted by atomic mass is 16.5. The summed E-state index contributed by atoms with van der Waals surface area (Å²) in [6.07, 6.45) is 48.5. The topological polar surface area (TPSA) is 15.7 Å². The van der Waals surface area contributed by atoms with Crippen molar-refractivity contribution in [3.8, 4) is 0 Å². The molecule has 0 bridgehead atoms. The predicted molar refractivity (Wildman–Crippen MR) is 193 cm³/mol. The zero-order chi connectivity index (χ0) is 30.7. The predicted octanol–water partition coefficient (Wildman–Crippen LogP) is 12.6. The Kier molecular flexibility index (Phi) is 32.2. The second-order valence-corrected chi connectivity index (χ2v) is 13.4. The van der Waals surface area contributed by atoms with Gasteiger partial charge in [0.15, 0.2) is 0 Å². The van der Waals surface area contributed by atoms with Crippen LogP contribution in [0.2, 0.25) is 0 Å². The Hall–Kier alpha value is -0.640. The van der Waals surface area contributed by atoms with Crippen molar-refractivity contribution < 1.29 is 4.74 Å². The maximum atomic E-state index is 5.64. The third kappa shape index (κ3) is 28.6. The van der Waals surface area contributed by atoms with E-state index in [2.05, 4.69) is 48.2 Å². The lowest BCUT2D eigenvalue weighted by Gasteiger charge is -2.37. The number of hydrogen-bond donors (Lipinski definition) is 0. The molecule has 1 fully saturated rings. The SMILES string of the molecule is CCCCCCCC/C=C/CCCCCCCCN(CCCCCCCC/C=C/CCCCCCCC)N1CCOCC1. The second kappa shape index (κ2) is 34.2. The minimum Gasteiger partial charge on any atom is -0.379 e. The van der Waals surface area contributed by atoms with Gasteiger partial charge in [-0.3, -0.25) is 0 Å². The van der Waals surface area contributed by atoms with Crippen molar-refractivity contribution in [2.45, 2.75) is 194 Å². The summed E-state index contributed by atoms with van der Waals surface area (Å²) in [6.45, 7) is 11.0. The van der Waals surface area contributed by atoms with Crippen molar-refractivity contribution in [3.05, 3.63) is 24.3 Å². The summed E-state index contributed by atoms with van der Waals surface area (Å²) < 4.78 is 5.64. The number of unbranched alkanes of at least 4 members (excludes halogenated alkanes) is 24. The van der Waals surface area contributed by atoms with Crippen LogP contribution in [0.5, 0.6) is 0 Å². The number of ether oxygens (including phenoxy) is 1. The van der Waals surface area contributed by atoms with Gasteiger partial charge in [0.2, 0.25) is 0 Å². The quantitative estimate of drug-likeness (QED) is 0.0549. The first kappa shape index (κ1) is 40.4. The van der Waals surface area contributed by atoms with Crippen LogP contribution in [0, 0.1) is 0 Å². The Morgan fingerprint density at radius 2 is 0.721 bits per heavy atom. The summed E-state index contributed by atoms with van der Waals surface area (Å²) in [5.74, 6) is 0. The first-order valence-electron chi connectivity index (χ1n) is 19.8. The Balaban J connectivity index is 1.98. The highest BCUT2D eigenvalue weighted by Gasteiger charge is 2.17. The van der Waals surface area contributed by atoms with Gasteiger partial charge in [-0.05, 0) is 64.2 Å². The van der Waals surface area contributed by atoms with Crippen molar-refractivity contribution in [3.63, 3.8) is 0 Å². The third-order valence-electron chi connectivity index (χ3n) is 9.24. The van der Waals surface area contributed by atoms with Crippen LogP contribution in [0.15, 0.2) is 24.3 Å². The highest BCUT2D eigenvalue weighted by Crippen LogP contribution is 2.14. The highest BCUT2D eigenvalue weighted by molar-refractivity contribution is 4.82. The van der Waals surface area contributed by atoms with Crippen LogP contribution in [0.4, 0.5) is 0 Å². The van der Waals surface area contributed by atoms with Gasteiger partial charge in [0.25, 0.3) is 0 Å². The summed E-state index contributed by atoms with van der Waals surface area (Å²) in [5.41, 5.74) is 0. The molecule has 1 heterocycles. The van der Waals surface area contributed by atoms with Crippen LogP contribution in [-0.2, 0) is 4.74 Å². The molecule has 0 aromatic carbocycles. The normalized spacial score (nSPS) is 14.7. The maximum absolute atomic E-state index is 5.64. The van der Waals surface area contributed by atoms with Gasteiger partial charge in [-0.1, -0.05) is 154 Å². The van der Waals surface area contributed by atoms with Crippen LogP contribution < -0.4 is 0 Å². The molecule has 254 valence electrons. The molecule has 1 aliphatic heterocycles. The minimum absolute atomic E-state index is 0.900. The molecule has 1 saturated heterocycles. The van der Waals surface area contributed by atoms with E-state index in [1.165, 1.54) is 193 Å². The molecule has 0 saturated carbocycles. The van der Waals surface area contributed by atoms with E-state index >= 15 is 0 Å². The van der Waals surface area contributed by atoms with E-state index < -0.39 is 0 Å². The van der Waals surface area contributed by atoms with E-state index in [1.54, 1.807) is 0 Å². The molecule has 0 amide bonds. The zero-order valence-corrected chi connectivity index (χ0v) is 29.7. The third-order valence-corrected chi connectivity index (χ3v) is 9.24. The van der Waals surface area contributed by atoms with Gasteiger partial charge in [-0.25, -0.2) is 10.0 Å². The number of hydrazine groups is 1. The van der Waals surface area contributed by atoms with E-state index in [-0.39, 0.29) is 0 Å². The first-order valence-corrected chi connectivity index (χ1v) is 19.8. The number of morpholine rings is 1. The molecule has 0 N–H and O–H groups in total. The van der Waals surface area contributed by atoms with E-state index in [9.17, 15) is 0 Å². The molecule has 0 aromatic rings. The zero-order valence-electron chi connectivity index (χ0n) is 29.7. The van der Waals surface area contributed by atoms with Gasteiger partial charge in [0, 0.05) is 26.2 Å². The summed E-state index contributed by atoms with van der Waals surface area (Å²) >= 11 is 0. The van der Waals surface area contributed by atoms with Crippen LogP contribution in [-0.4, -0.2) is 49.4 Å².